The molecule has 0 aromatic carbocycles. The third-order valence-corrected chi connectivity index (χ3v) is 4.01. The van der Waals surface area contributed by atoms with E-state index in [-0.39, 0.29) is 5.91 Å². The molecule has 2 atom stereocenters. The Hall–Kier alpha value is -0.570. The van der Waals surface area contributed by atoms with E-state index in [0.29, 0.717) is 24.4 Å². The average molecular weight is 224 g/mol. The zero-order valence-electron chi connectivity index (χ0n) is 10.4. The Morgan fingerprint density at radius 3 is 2.31 bits per heavy atom. The van der Waals surface area contributed by atoms with Crippen LogP contribution in [0.3, 0.4) is 0 Å². The van der Waals surface area contributed by atoms with Crippen molar-refractivity contribution >= 4 is 5.91 Å². The molecule has 0 aromatic rings. The fourth-order valence-electron chi connectivity index (χ4n) is 3.44. The molecule has 92 valence electrons. The first-order valence-electron chi connectivity index (χ1n) is 6.59. The molecule has 16 heavy (non-hydrogen) atoms. The molecule has 3 nitrogen and oxygen atoms in total. The molecule has 2 fully saturated rings. The van der Waals surface area contributed by atoms with Crippen molar-refractivity contribution in [2.24, 2.45) is 23.5 Å². The minimum absolute atomic E-state index is 0.226. The van der Waals surface area contributed by atoms with Crippen LogP contribution in [0.1, 0.15) is 46.0 Å². The molecule has 0 radical (unpaired) electrons. The van der Waals surface area contributed by atoms with E-state index in [1.54, 1.807) is 0 Å². The molecule has 2 aliphatic carbocycles. The highest BCUT2D eigenvalue weighted by Crippen LogP contribution is 2.43. The first kappa shape index (κ1) is 11.9. The highest BCUT2D eigenvalue weighted by atomic mass is 16.1. The number of amides is 1. The molecular formula is C13H24N2O. The number of hydrogen-bond donors (Lipinski definition) is 2. The van der Waals surface area contributed by atoms with E-state index in [2.05, 4.69) is 19.2 Å². The van der Waals surface area contributed by atoms with E-state index in [9.17, 15) is 4.79 Å². The van der Waals surface area contributed by atoms with Gasteiger partial charge in [0.05, 0.1) is 0 Å². The highest BCUT2D eigenvalue weighted by molar-refractivity contribution is 5.76. The second kappa shape index (κ2) is 4.74. The van der Waals surface area contributed by atoms with Crippen LogP contribution in [0.4, 0.5) is 0 Å². The average Bonchev–Trinajstić information content (AvgIpc) is 2.58. The minimum Gasteiger partial charge on any atom is -0.353 e. The van der Waals surface area contributed by atoms with Crippen LogP contribution in [-0.4, -0.2) is 18.0 Å². The maximum absolute atomic E-state index is 11.7. The van der Waals surface area contributed by atoms with Crippen molar-refractivity contribution in [1.82, 2.24) is 5.32 Å². The summed E-state index contributed by atoms with van der Waals surface area (Å²) in [6, 6.07) is 0.844. The van der Waals surface area contributed by atoms with Gasteiger partial charge in [0.25, 0.3) is 0 Å². The third kappa shape index (κ3) is 2.76. The predicted octanol–water partition coefficient (Wildman–Crippen LogP) is 1.66. The molecule has 1 amide bonds. The smallest absolute Gasteiger partial charge is 0.220 e. The fraction of sp³-hybridized carbons (Fsp3) is 0.923. The summed E-state index contributed by atoms with van der Waals surface area (Å²) < 4.78 is 0. The van der Waals surface area contributed by atoms with E-state index in [0.717, 1.165) is 24.7 Å². The second-order valence-corrected chi connectivity index (χ2v) is 6.09. The molecule has 0 saturated heterocycles. The van der Waals surface area contributed by atoms with Crippen LogP contribution in [0.25, 0.3) is 0 Å². The molecule has 0 heterocycles. The summed E-state index contributed by atoms with van der Waals surface area (Å²) in [4.78, 5) is 11.7. The van der Waals surface area contributed by atoms with Crippen LogP contribution in [-0.2, 0) is 4.79 Å². The molecule has 2 saturated carbocycles. The number of fused-ring (bicyclic) bond motifs is 1. The van der Waals surface area contributed by atoms with Crippen LogP contribution < -0.4 is 11.1 Å². The Bertz CT molecular complexity index is 251. The summed E-state index contributed by atoms with van der Waals surface area (Å²) in [5.74, 6) is 2.23. The molecule has 3 heteroatoms. The summed E-state index contributed by atoms with van der Waals surface area (Å²) in [7, 11) is 0. The van der Waals surface area contributed by atoms with E-state index in [4.69, 9.17) is 5.73 Å². The summed E-state index contributed by atoms with van der Waals surface area (Å²) >= 11 is 0. The standard InChI is InChI=1S/C13H24N2O/c1-8(2)3-13(16)15-12-6-9-4-11(14)5-10(9)7-12/h8-12H,3-7,14H2,1-2H3,(H,15,16). The van der Waals surface area contributed by atoms with Crippen LogP contribution in [0.5, 0.6) is 0 Å². The van der Waals surface area contributed by atoms with Crippen LogP contribution >= 0.6 is 0 Å². The number of rotatable bonds is 3. The van der Waals surface area contributed by atoms with Gasteiger partial charge in [-0.05, 0) is 43.4 Å². The van der Waals surface area contributed by atoms with Crippen molar-refractivity contribution in [2.75, 3.05) is 0 Å². The number of nitrogens with two attached hydrogens (primary N) is 1. The van der Waals surface area contributed by atoms with Crippen molar-refractivity contribution in [1.29, 1.82) is 0 Å². The molecule has 2 rings (SSSR count). The number of nitrogens with one attached hydrogen (secondary N) is 1. The van der Waals surface area contributed by atoms with Gasteiger partial charge in [0.1, 0.15) is 0 Å². The molecule has 0 spiro atoms. The van der Waals surface area contributed by atoms with E-state index >= 15 is 0 Å². The van der Waals surface area contributed by atoms with Crippen LogP contribution in [0.2, 0.25) is 0 Å². The first-order valence-corrected chi connectivity index (χ1v) is 6.59. The fourth-order valence-corrected chi connectivity index (χ4v) is 3.44. The van der Waals surface area contributed by atoms with Gasteiger partial charge < -0.3 is 11.1 Å². The van der Waals surface area contributed by atoms with Gasteiger partial charge in [-0.3, -0.25) is 4.79 Å². The molecule has 0 bridgehead atoms. The van der Waals surface area contributed by atoms with Gasteiger partial charge in [-0.1, -0.05) is 13.8 Å². The van der Waals surface area contributed by atoms with E-state index < -0.39 is 0 Å². The van der Waals surface area contributed by atoms with Crippen molar-refractivity contribution in [2.45, 2.75) is 58.0 Å². The summed E-state index contributed by atoms with van der Waals surface area (Å²) in [5, 5.41) is 3.17. The van der Waals surface area contributed by atoms with Gasteiger partial charge in [-0.2, -0.15) is 0 Å². The normalized spacial score (nSPS) is 37.8. The van der Waals surface area contributed by atoms with Crippen LogP contribution in [0, 0.1) is 17.8 Å². The second-order valence-electron chi connectivity index (χ2n) is 6.09. The summed E-state index contributed by atoms with van der Waals surface area (Å²) in [5.41, 5.74) is 5.95. The van der Waals surface area contributed by atoms with E-state index in [1.807, 2.05) is 0 Å². The SMILES string of the molecule is CC(C)CC(=O)NC1CC2CC(N)CC2C1. The van der Waals surface area contributed by atoms with Gasteiger partial charge in [0, 0.05) is 18.5 Å². The summed E-state index contributed by atoms with van der Waals surface area (Å²) in [6.07, 6.45) is 5.30. The molecule has 2 aliphatic rings. The molecule has 0 aliphatic heterocycles. The molecule has 2 unspecified atom stereocenters. The Morgan fingerprint density at radius 1 is 1.25 bits per heavy atom. The van der Waals surface area contributed by atoms with Gasteiger partial charge >= 0.3 is 0 Å². The maximum atomic E-state index is 11.7. The first-order chi connectivity index (χ1) is 7.54. The highest BCUT2D eigenvalue weighted by Gasteiger charge is 2.40. The lowest BCUT2D eigenvalue weighted by molar-refractivity contribution is -0.122. The van der Waals surface area contributed by atoms with Crippen molar-refractivity contribution < 1.29 is 4.79 Å². The monoisotopic (exact) mass is 224 g/mol. The van der Waals surface area contributed by atoms with Crippen molar-refractivity contribution in [3.63, 3.8) is 0 Å². The maximum Gasteiger partial charge on any atom is 0.220 e. The molecule has 3 N–H and O–H groups in total. The number of hydrogen-bond acceptors (Lipinski definition) is 2. The number of carbonyl (C=O) groups is 1. The lowest BCUT2D eigenvalue weighted by Gasteiger charge is -2.15. The van der Waals surface area contributed by atoms with Gasteiger partial charge in [0.15, 0.2) is 0 Å². The zero-order chi connectivity index (χ0) is 11.7. The minimum atomic E-state index is 0.226. The van der Waals surface area contributed by atoms with Gasteiger partial charge in [0.2, 0.25) is 5.91 Å². The lowest BCUT2D eigenvalue weighted by Crippen LogP contribution is -2.34. The zero-order valence-corrected chi connectivity index (χ0v) is 10.4. The summed E-state index contributed by atoms with van der Waals surface area (Å²) in [6.45, 7) is 4.17. The van der Waals surface area contributed by atoms with Crippen molar-refractivity contribution in [3.8, 4) is 0 Å². The van der Waals surface area contributed by atoms with Gasteiger partial charge in [-0.25, -0.2) is 0 Å². The topological polar surface area (TPSA) is 55.1 Å². The van der Waals surface area contributed by atoms with Crippen LogP contribution in [0.15, 0.2) is 0 Å². The van der Waals surface area contributed by atoms with Gasteiger partial charge in [-0.15, -0.1) is 0 Å². The largest absolute Gasteiger partial charge is 0.353 e. The Labute approximate surface area is 98.2 Å². The number of carbonyl (C=O) groups excluding carboxylic acids is 1. The predicted molar refractivity (Wildman–Crippen MR) is 64.8 cm³/mol. The lowest BCUT2D eigenvalue weighted by atomic mass is 10.0. The molecular weight excluding hydrogens is 200 g/mol. The third-order valence-electron chi connectivity index (χ3n) is 4.01. The Kier molecular flexibility index (Phi) is 3.53. The Morgan fingerprint density at radius 2 is 1.81 bits per heavy atom. The van der Waals surface area contributed by atoms with Crippen molar-refractivity contribution in [3.05, 3.63) is 0 Å². The Balaban J connectivity index is 1.76. The quantitative estimate of drug-likeness (QED) is 0.766. The molecule has 0 aromatic heterocycles. The van der Waals surface area contributed by atoms with E-state index in [1.165, 1.54) is 12.8 Å².